The second kappa shape index (κ2) is 11.4. The third kappa shape index (κ3) is 6.47. The van der Waals surface area contributed by atoms with Gasteiger partial charge in [-0.05, 0) is 70.4 Å². The van der Waals surface area contributed by atoms with Crippen LogP contribution in [0.25, 0.3) is 0 Å². The zero-order valence-corrected chi connectivity index (χ0v) is 19.6. The van der Waals surface area contributed by atoms with Gasteiger partial charge in [-0.1, -0.05) is 12.1 Å². The maximum atomic E-state index is 12.8. The van der Waals surface area contributed by atoms with Gasteiger partial charge in [0.1, 0.15) is 0 Å². The third-order valence-corrected chi connectivity index (χ3v) is 4.99. The molecule has 2 amide bonds. The number of benzene rings is 2. The number of rotatable bonds is 11. The second-order valence-corrected chi connectivity index (χ2v) is 7.58. The summed E-state index contributed by atoms with van der Waals surface area (Å²) in [5.74, 6) is 1.12. The summed E-state index contributed by atoms with van der Waals surface area (Å²) in [6.45, 7) is 8.65. The van der Waals surface area contributed by atoms with E-state index in [0.717, 1.165) is 18.4 Å². The smallest absolute Gasteiger partial charge is 0.271 e. The van der Waals surface area contributed by atoms with Crippen molar-refractivity contribution < 1.29 is 23.8 Å². The lowest BCUT2D eigenvalue weighted by Gasteiger charge is -2.16. The van der Waals surface area contributed by atoms with Crippen molar-refractivity contribution in [3.05, 3.63) is 47.5 Å². The molecule has 0 saturated heterocycles. The Morgan fingerprint density at radius 2 is 1.58 bits per heavy atom. The minimum Gasteiger partial charge on any atom is -0.490 e. The molecule has 8 heteroatoms. The Kier molecular flexibility index (Phi) is 8.29. The van der Waals surface area contributed by atoms with Gasteiger partial charge in [-0.2, -0.15) is 5.10 Å². The molecule has 0 atom stereocenters. The predicted molar refractivity (Wildman–Crippen MR) is 127 cm³/mol. The highest BCUT2D eigenvalue weighted by Gasteiger charge is 2.29. The predicted octanol–water partition coefficient (Wildman–Crippen LogP) is 4.39. The first-order chi connectivity index (χ1) is 16.0. The third-order valence-electron chi connectivity index (χ3n) is 4.99. The van der Waals surface area contributed by atoms with Gasteiger partial charge in [-0.25, -0.2) is 5.43 Å². The fourth-order valence-electron chi connectivity index (χ4n) is 3.20. The van der Waals surface area contributed by atoms with Crippen molar-refractivity contribution in [1.29, 1.82) is 0 Å². The maximum absolute atomic E-state index is 12.8. The van der Waals surface area contributed by atoms with Crippen LogP contribution in [0.1, 0.15) is 56.5 Å². The van der Waals surface area contributed by atoms with E-state index in [-0.39, 0.29) is 11.8 Å². The highest BCUT2D eigenvalue weighted by Crippen LogP contribution is 2.39. The van der Waals surface area contributed by atoms with Crippen LogP contribution >= 0.6 is 0 Å². The Bertz CT molecular complexity index is 1000. The molecule has 2 aromatic carbocycles. The molecule has 33 heavy (non-hydrogen) atoms. The SMILES string of the molecule is CCOc1cc(C(=O)N/N=C(/C)c2cccc(NC(=O)C3CC3)c2)cc(OCC)c1OCC. The number of carbonyl (C=O) groups excluding carboxylic acids is 2. The molecular weight excluding hydrogens is 422 g/mol. The van der Waals surface area contributed by atoms with E-state index < -0.39 is 5.91 Å². The number of amides is 2. The summed E-state index contributed by atoms with van der Waals surface area (Å²) in [6.07, 6.45) is 1.89. The van der Waals surface area contributed by atoms with Gasteiger partial charge in [0.15, 0.2) is 11.5 Å². The largest absolute Gasteiger partial charge is 0.490 e. The molecule has 1 aliphatic rings. The molecule has 0 aromatic heterocycles. The molecule has 0 bridgehead atoms. The van der Waals surface area contributed by atoms with Crippen LogP contribution in [-0.4, -0.2) is 37.3 Å². The highest BCUT2D eigenvalue weighted by molar-refractivity contribution is 6.02. The summed E-state index contributed by atoms with van der Waals surface area (Å²) in [4.78, 5) is 24.8. The normalized spacial score (nSPS) is 13.3. The van der Waals surface area contributed by atoms with E-state index in [9.17, 15) is 9.59 Å². The van der Waals surface area contributed by atoms with Crippen LogP contribution in [-0.2, 0) is 4.79 Å². The number of hydrogen-bond donors (Lipinski definition) is 2. The molecule has 3 rings (SSSR count). The Hall–Kier alpha value is -3.55. The van der Waals surface area contributed by atoms with Gasteiger partial charge in [0.25, 0.3) is 5.91 Å². The van der Waals surface area contributed by atoms with Crippen LogP contribution in [0.2, 0.25) is 0 Å². The first-order valence-electron chi connectivity index (χ1n) is 11.3. The molecule has 1 saturated carbocycles. The summed E-state index contributed by atoms with van der Waals surface area (Å²) in [6, 6.07) is 10.6. The van der Waals surface area contributed by atoms with Crippen molar-refractivity contribution in [1.82, 2.24) is 5.43 Å². The lowest BCUT2D eigenvalue weighted by Crippen LogP contribution is -2.20. The Morgan fingerprint density at radius 1 is 0.939 bits per heavy atom. The molecule has 0 unspecified atom stereocenters. The zero-order valence-electron chi connectivity index (χ0n) is 19.6. The van der Waals surface area contributed by atoms with Gasteiger partial charge in [0, 0.05) is 17.2 Å². The molecule has 0 radical (unpaired) electrons. The topological polar surface area (TPSA) is 98.2 Å². The van der Waals surface area contributed by atoms with Crippen molar-refractivity contribution in [2.75, 3.05) is 25.1 Å². The van der Waals surface area contributed by atoms with Gasteiger partial charge >= 0.3 is 0 Å². The average molecular weight is 454 g/mol. The molecule has 2 N–H and O–H groups in total. The van der Waals surface area contributed by atoms with E-state index in [4.69, 9.17) is 14.2 Å². The van der Waals surface area contributed by atoms with Crippen LogP contribution in [0.5, 0.6) is 17.2 Å². The van der Waals surface area contributed by atoms with E-state index in [1.807, 2.05) is 45.0 Å². The van der Waals surface area contributed by atoms with Crippen molar-refractivity contribution in [3.8, 4) is 17.2 Å². The summed E-state index contributed by atoms with van der Waals surface area (Å²) < 4.78 is 17.0. The standard InChI is InChI=1S/C25H31N3O5/c1-5-31-21-14-19(15-22(32-6-2)23(21)33-7-3)25(30)28-27-16(4)18-9-8-10-20(13-18)26-24(29)17-11-12-17/h8-10,13-15,17H,5-7,11-12H2,1-4H3,(H,26,29)(H,28,30)/b27-16-. The van der Waals surface area contributed by atoms with E-state index in [0.29, 0.717) is 54.0 Å². The van der Waals surface area contributed by atoms with Crippen LogP contribution in [0.15, 0.2) is 41.5 Å². The van der Waals surface area contributed by atoms with Gasteiger partial charge in [0.05, 0.1) is 25.5 Å². The average Bonchev–Trinajstić information content (AvgIpc) is 3.65. The van der Waals surface area contributed by atoms with Crippen LogP contribution < -0.4 is 25.0 Å². The Labute approximate surface area is 194 Å². The Balaban J connectivity index is 1.76. The molecule has 2 aromatic rings. The minimum atomic E-state index is -0.405. The molecule has 0 aliphatic heterocycles. The molecule has 1 aliphatic carbocycles. The number of hydrogen-bond acceptors (Lipinski definition) is 6. The molecule has 1 fully saturated rings. The van der Waals surface area contributed by atoms with E-state index in [1.165, 1.54) is 0 Å². The minimum absolute atomic E-state index is 0.0424. The summed E-state index contributed by atoms with van der Waals surface area (Å²) in [5.41, 5.74) is 5.03. The monoisotopic (exact) mass is 453 g/mol. The van der Waals surface area contributed by atoms with Gasteiger partial charge in [0.2, 0.25) is 11.7 Å². The molecule has 176 valence electrons. The number of anilines is 1. The lowest BCUT2D eigenvalue weighted by atomic mass is 10.1. The van der Waals surface area contributed by atoms with Crippen LogP contribution in [0.4, 0.5) is 5.69 Å². The van der Waals surface area contributed by atoms with E-state index in [1.54, 1.807) is 19.1 Å². The zero-order chi connectivity index (χ0) is 23.8. The highest BCUT2D eigenvalue weighted by atomic mass is 16.5. The van der Waals surface area contributed by atoms with E-state index >= 15 is 0 Å². The van der Waals surface area contributed by atoms with Crippen LogP contribution in [0, 0.1) is 5.92 Å². The van der Waals surface area contributed by atoms with Crippen molar-refractivity contribution in [2.45, 2.75) is 40.5 Å². The van der Waals surface area contributed by atoms with Gasteiger partial charge in [-0.3, -0.25) is 9.59 Å². The number of nitrogens with zero attached hydrogens (tertiary/aromatic N) is 1. The maximum Gasteiger partial charge on any atom is 0.271 e. The molecule has 0 heterocycles. The number of nitrogens with one attached hydrogen (secondary N) is 2. The number of hydrazone groups is 1. The summed E-state index contributed by atoms with van der Waals surface area (Å²) >= 11 is 0. The number of ether oxygens (including phenoxy) is 3. The van der Waals surface area contributed by atoms with Gasteiger partial charge < -0.3 is 19.5 Å². The lowest BCUT2D eigenvalue weighted by molar-refractivity contribution is -0.117. The second-order valence-electron chi connectivity index (χ2n) is 7.58. The first kappa shape index (κ1) is 24.1. The van der Waals surface area contributed by atoms with Crippen LogP contribution in [0.3, 0.4) is 0 Å². The van der Waals surface area contributed by atoms with Crippen molar-refractivity contribution in [2.24, 2.45) is 11.0 Å². The van der Waals surface area contributed by atoms with Crippen molar-refractivity contribution in [3.63, 3.8) is 0 Å². The molecule has 8 nitrogen and oxygen atoms in total. The summed E-state index contributed by atoms with van der Waals surface area (Å²) in [7, 11) is 0. The first-order valence-corrected chi connectivity index (χ1v) is 11.3. The summed E-state index contributed by atoms with van der Waals surface area (Å²) in [5, 5.41) is 7.16. The number of carbonyl (C=O) groups is 2. The van der Waals surface area contributed by atoms with Gasteiger partial charge in [-0.15, -0.1) is 0 Å². The fraction of sp³-hybridized carbons (Fsp3) is 0.400. The quantitative estimate of drug-likeness (QED) is 0.389. The fourth-order valence-corrected chi connectivity index (χ4v) is 3.20. The molecular formula is C25H31N3O5. The Morgan fingerprint density at radius 3 is 2.15 bits per heavy atom. The molecule has 0 spiro atoms. The van der Waals surface area contributed by atoms with Crippen molar-refractivity contribution >= 4 is 23.2 Å². The van der Waals surface area contributed by atoms with E-state index in [2.05, 4.69) is 15.8 Å².